The van der Waals surface area contributed by atoms with E-state index in [0.29, 0.717) is 12.3 Å². The van der Waals surface area contributed by atoms with Gasteiger partial charge in [0.05, 0.1) is 0 Å². The van der Waals surface area contributed by atoms with Gasteiger partial charge in [-0.3, -0.25) is 4.79 Å². The van der Waals surface area contributed by atoms with Gasteiger partial charge in [0.25, 0.3) is 0 Å². The van der Waals surface area contributed by atoms with Crippen molar-refractivity contribution < 1.29 is 4.79 Å². The molecule has 0 saturated carbocycles. The lowest BCUT2D eigenvalue weighted by atomic mass is 9.95. The summed E-state index contributed by atoms with van der Waals surface area (Å²) in [5.41, 5.74) is 0. The fourth-order valence-electron chi connectivity index (χ4n) is 2.65. The highest BCUT2D eigenvalue weighted by Crippen LogP contribution is 2.14. The second kappa shape index (κ2) is 13.5. The van der Waals surface area contributed by atoms with Crippen LogP contribution in [-0.4, -0.2) is 12.5 Å². The molecule has 1 atom stereocenters. The SMILES string of the molecule is CCCCCCCCCC(=O)NCC(CC)CC(C)C. The fourth-order valence-corrected chi connectivity index (χ4v) is 2.65. The van der Waals surface area contributed by atoms with Crippen LogP contribution in [0.15, 0.2) is 0 Å². The van der Waals surface area contributed by atoms with Crippen molar-refractivity contribution >= 4 is 5.91 Å². The lowest BCUT2D eigenvalue weighted by Gasteiger charge is -2.17. The molecule has 0 aliphatic carbocycles. The van der Waals surface area contributed by atoms with Crippen LogP contribution in [0, 0.1) is 11.8 Å². The van der Waals surface area contributed by atoms with Crippen LogP contribution in [0.4, 0.5) is 0 Å². The number of carbonyl (C=O) groups excluding carboxylic acids is 1. The topological polar surface area (TPSA) is 29.1 Å². The van der Waals surface area contributed by atoms with Crippen LogP contribution in [0.2, 0.25) is 0 Å². The maximum absolute atomic E-state index is 11.8. The first-order valence-electron chi connectivity index (χ1n) is 8.86. The van der Waals surface area contributed by atoms with Crippen molar-refractivity contribution in [1.29, 1.82) is 0 Å². The standard InChI is InChI=1S/C18H37NO/c1-5-7-8-9-10-11-12-13-18(20)19-15-17(6-2)14-16(3)4/h16-17H,5-15H2,1-4H3,(H,19,20). The molecule has 1 amide bonds. The monoisotopic (exact) mass is 283 g/mol. The van der Waals surface area contributed by atoms with Gasteiger partial charge < -0.3 is 5.32 Å². The van der Waals surface area contributed by atoms with Gasteiger partial charge in [-0.15, -0.1) is 0 Å². The third kappa shape index (κ3) is 12.5. The van der Waals surface area contributed by atoms with E-state index in [0.717, 1.165) is 25.3 Å². The van der Waals surface area contributed by atoms with Gasteiger partial charge in [-0.05, 0) is 24.7 Å². The van der Waals surface area contributed by atoms with E-state index in [9.17, 15) is 4.79 Å². The molecule has 0 saturated heterocycles. The van der Waals surface area contributed by atoms with Crippen LogP contribution >= 0.6 is 0 Å². The summed E-state index contributed by atoms with van der Waals surface area (Å²) in [5.74, 6) is 1.62. The quantitative estimate of drug-likeness (QED) is 0.456. The summed E-state index contributed by atoms with van der Waals surface area (Å²) >= 11 is 0. The predicted molar refractivity (Wildman–Crippen MR) is 88.9 cm³/mol. The maximum Gasteiger partial charge on any atom is 0.220 e. The third-order valence-electron chi connectivity index (χ3n) is 3.98. The van der Waals surface area contributed by atoms with Crippen molar-refractivity contribution in [3.8, 4) is 0 Å². The van der Waals surface area contributed by atoms with Gasteiger partial charge in [0.1, 0.15) is 0 Å². The van der Waals surface area contributed by atoms with Gasteiger partial charge in [-0.2, -0.15) is 0 Å². The number of carbonyl (C=O) groups is 1. The largest absolute Gasteiger partial charge is 0.356 e. The smallest absolute Gasteiger partial charge is 0.220 e. The molecule has 120 valence electrons. The Hall–Kier alpha value is -0.530. The van der Waals surface area contributed by atoms with Crippen molar-refractivity contribution in [2.75, 3.05) is 6.54 Å². The van der Waals surface area contributed by atoms with Gasteiger partial charge in [0.15, 0.2) is 0 Å². The van der Waals surface area contributed by atoms with Crippen LogP contribution in [0.3, 0.4) is 0 Å². The first kappa shape index (κ1) is 19.5. The summed E-state index contributed by atoms with van der Waals surface area (Å²) in [6, 6.07) is 0. The fraction of sp³-hybridized carbons (Fsp3) is 0.944. The Balaban J connectivity index is 3.48. The molecule has 1 N–H and O–H groups in total. The number of hydrogen-bond donors (Lipinski definition) is 1. The molecule has 0 bridgehead atoms. The zero-order chi connectivity index (χ0) is 15.2. The molecule has 0 fully saturated rings. The molecule has 0 aromatic heterocycles. The van der Waals surface area contributed by atoms with Gasteiger partial charge in [-0.25, -0.2) is 0 Å². The van der Waals surface area contributed by atoms with Crippen LogP contribution in [0.5, 0.6) is 0 Å². The number of nitrogens with one attached hydrogen (secondary N) is 1. The number of hydrogen-bond acceptors (Lipinski definition) is 1. The summed E-state index contributed by atoms with van der Waals surface area (Å²) in [7, 11) is 0. The molecular formula is C18H37NO. The van der Waals surface area contributed by atoms with Crippen molar-refractivity contribution in [2.45, 2.75) is 91.9 Å². The second-order valence-corrected chi connectivity index (χ2v) is 6.58. The molecule has 2 nitrogen and oxygen atoms in total. The average Bonchev–Trinajstić information content (AvgIpc) is 2.42. The van der Waals surface area contributed by atoms with Crippen molar-refractivity contribution in [3.63, 3.8) is 0 Å². The first-order valence-corrected chi connectivity index (χ1v) is 8.86. The Morgan fingerprint density at radius 3 is 2.10 bits per heavy atom. The second-order valence-electron chi connectivity index (χ2n) is 6.58. The van der Waals surface area contributed by atoms with Crippen molar-refractivity contribution in [2.24, 2.45) is 11.8 Å². The van der Waals surface area contributed by atoms with E-state index >= 15 is 0 Å². The van der Waals surface area contributed by atoms with E-state index in [1.54, 1.807) is 0 Å². The molecule has 20 heavy (non-hydrogen) atoms. The van der Waals surface area contributed by atoms with Gasteiger partial charge >= 0.3 is 0 Å². The molecule has 2 heteroatoms. The molecule has 0 radical (unpaired) electrons. The summed E-state index contributed by atoms with van der Waals surface area (Å²) in [6.45, 7) is 9.83. The van der Waals surface area contributed by atoms with E-state index in [-0.39, 0.29) is 5.91 Å². The zero-order valence-electron chi connectivity index (χ0n) is 14.3. The maximum atomic E-state index is 11.8. The first-order chi connectivity index (χ1) is 9.60. The molecule has 0 spiro atoms. The Kier molecular flexibility index (Phi) is 13.1. The Morgan fingerprint density at radius 2 is 1.55 bits per heavy atom. The predicted octanol–water partition coefficient (Wildman–Crippen LogP) is 5.32. The summed E-state index contributed by atoms with van der Waals surface area (Å²) in [4.78, 5) is 11.8. The molecular weight excluding hydrogens is 246 g/mol. The van der Waals surface area contributed by atoms with Gasteiger partial charge in [0, 0.05) is 13.0 Å². The summed E-state index contributed by atoms with van der Waals surface area (Å²) < 4.78 is 0. The van der Waals surface area contributed by atoms with Crippen LogP contribution < -0.4 is 5.32 Å². The van der Waals surface area contributed by atoms with E-state index in [1.165, 1.54) is 44.9 Å². The van der Waals surface area contributed by atoms with Crippen LogP contribution in [0.25, 0.3) is 0 Å². The highest BCUT2D eigenvalue weighted by molar-refractivity contribution is 5.75. The van der Waals surface area contributed by atoms with Gasteiger partial charge in [0.2, 0.25) is 5.91 Å². The normalized spacial score (nSPS) is 12.7. The Labute approximate surface area is 127 Å². The van der Waals surface area contributed by atoms with Crippen molar-refractivity contribution in [1.82, 2.24) is 5.32 Å². The third-order valence-corrected chi connectivity index (χ3v) is 3.98. The highest BCUT2D eigenvalue weighted by Gasteiger charge is 2.10. The Bertz CT molecular complexity index is 225. The molecule has 0 aliphatic rings. The molecule has 0 aromatic carbocycles. The highest BCUT2D eigenvalue weighted by atomic mass is 16.1. The lowest BCUT2D eigenvalue weighted by molar-refractivity contribution is -0.121. The van der Waals surface area contributed by atoms with Crippen LogP contribution in [0.1, 0.15) is 91.9 Å². The molecule has 0 rings (SSSR count). The van der Waals surface area contributed by atoms with E-state index < -0.39 is 0 Å². The molecule has 1 unspecified atom stereocenters. The number of rotatable bonds is 13. The molecule has 0 heterocycles. The zero-order valence-corrected chi connectivity index (χ0v) is 14.3. The van der Waals surface area contributed by atoms with Crippen molar-refractivity contribution in [3.05, 3.63) is 0 Å². The molecule has 0 aliphatic heterocycles. The van der Waals surface area contributed by atoms with Gasteiger partial charge in [-0.1, -0.05) is 72.6 Å². The minimum atomic E-state index is 0.251. The van der Waals surface area contributed by atoms with E-state index in [2.05, 4.69) is 33.0 Å². The van der Waals surface area contributed by atoms with E-state index in [4.69, 9.17) is 0 Å². The minimum absolute atomic E-state index is 0.251. The minimum Gasteiger partial charge on any atom is -0.356 e. The van der Waals surface area contributed by atoms with E-state index in [1.807, 2.05) is 0 Å². The number of unbranched alkanes of at least 4 members (excludes halogenated alkanes) is 6. The molecule has 0 aromatic rings. The summed E-state index contributed by atoms with van der Waals surface area (Å²) in [5, 5.41) is 3.11. The lowest BCUT2D eigenvalue weighted by Crippen LogP contribution is -2.29. The number of amides is 1. The average molecular weight is 284 g/mol. The van der Waals surface area contributed by atoms with Crippen LogP contribution in [-0.2, 0) is 4.79 Å². The summed E-state index contributed by atoms with van der Waals surface area (Å²) in [6.07, 6.45) is 12.0. The Morgan fingerprint density at radius 1 is 0.950 bits per heavy atom.